The molecule has 0 spiro atoms. The van der Waals surface area contributed by atoms with Crippen molar-refractivity contribution in [1.82, 2.24) is 20.1 Å². The van der Waals surface area contributed by atoms with E-state index in [2.05, 4.69) is 15.2 Å². The van der Waals surface area contributed by atoms with Crippen molar-refractivity contribution in [2.75, 3.05) is 39.9 Å². The van der Waals surface area contributed by atoms with E-state index in [-0.39, 0.29) is 23.0 Å². The Morgan fingerprint density at radius 1 is 1.31 bits per heavy atom. The van der Waals surface area contributed by atoms with Gasteiger partial charge in [0.1, 0.15) is 5.01 Å². The number of morpholine rings is 1. The minimum absolute atomic E-state index is 0.126. The van der Waals surface area contributed by atoms with Crippen LogP contribution in [0.5, 0.6) is 0 Å². The van der Waals surface area contributed by atoms with Crippen LogP contribution in [0.2, 0.25) is 10.0 Å². The van der Waals surface area contributed by atoms with Crippen molar-refractivity contribution in [3.63, 3.8) is 0 Å². The van der Waals surface area contributed by atoms with Gasteiger partial charge in [0.15, 0.2) is 0 Å². The molecule has 1 aliphatic rings. The summed E-state index contributed by atoms with van der Waals surface area (Å²) in [6.07, 6.45) is 0. The zero-order chi connectivity index (χ0) is 20.8. The van der Waals surface area contributed by atoms with E-state index in [1.54, 1.807) is 24.5 Å². The molecule has 0 saturated carbocycles. The molecular weight excluding hydrogens is 435 g/mol. The van der Waals surface area contributed by atoms with Crippen LogP contribution in [0.1, 0.15) is 21.1 Å². The fourth-order valence-corrected chi connectivity index (χ4v) is 4.16. The molecule has 0 atom stereocenters. The van der Waals surface area contributed by atoms with Crippen LogP contribution < -0.4 is 5.32 Å². The monoisotopic (exact) mass is 456 g/mol. The predicted molar refractivity (Wildman–Crippen MR) is 113 cm³/mol. The van der Waals surface area contributed by atoms with Gasteiger partial charge < -0.3 is 15.0 Å². The zero-order valence-corrected chi connectivity index (χ0v) is 18.3. The summed E-state index contributed by atoms with van der Waals surface area (Å²) in [5.41, 5.74) is 1.11. The number of benzene rings is 1. The van der Waals surface area contributed by atoms with Crippen LogP contribution in [0.25, 0.3) is 0 Å². The fraction of sp³-hybridized carbons (Fsp3) is 0.421. The molecule has 0 radical (unpaired) electrons. The van der Waals surface area contributed by atoms with Gasteiger partial charge in [-0.05, 0) is 18.2 Å². The fourth-order valence-electron chi connectivity index (χ4n) is 2.84. The van der Waals surface area contributed by atoms with E-state index < -0.39 is 5.91 Å². The van der Waals surface area contributed by atoms with Gasteiger partial charge in [-0.3, -0.25) is 14.5 Å². The molecule has 2 aromatic rings. The van der Waals surface area contributed by atoms with Gasteiger partial charge in [-0.25, -0.2) is 4.98 Å². The molecule has 0 aliphatic carbocycles. The molecule has 1 fully saturated rings. The minimum Gasteiger partial charge on any atom is -0.379 e. The SMILES string of the molecule is CN(Cc1csc(CN2CCOCC2)n1)C(=O)CNC(=O)c1ccc(Cl)cc1Cl. The van der Waals surface area contributed by atoms with Gasteiger partial charge in [0.2, 0.25) is 5.91 Å². The molecule has 1 saturated heterocycles. The first-order valence-corrected chi connectivity index (χ1v) is 10.8. The summed E-state index contributed by atoms with van der Waals surface area (Å²) >= 11 is 13.4. The number of amides is 2. The molecule has 29 heavy (non-hydrogen) atoms. The van der Waals surface area contributed by atoms with Crippen LogP contribution in [-0.2, 0) is 22.6 Å². The normalized spacial score (nSPS) is 14.6. The van der Waals surface area contributed by atoms with E-state index in [1.807, 2.05) is 5.38 Å². The number of likely N-dealkylation sites (N-methyl/N-ethyl adjacent to an activating group) is 1. The van der Waals surface area contributed by atoms with Crippen LogP contribution in [0.15, 0.2) is 23.6 Å². The number of halogens is 2. The summed E-state index contributed by atoms with van der Waals surface area (Å²) in [7, 11) is 1.69. The van der Waals surface area contributed by atoms with Crippen molar-refractivity contribution in [2.24, 2.45) is 0 Å². The van der Waals surface area contributed by atoms with Crippen molar-refractivity contribution < 1.29 is 14.3 Å². The molecule has 0 unspecified atom stereocenters. The van der Waals surface area contributed by atoms with Crippen LogP contribution in [0.3, 0.4) is 0 Å². The lowest BCUT2D eigenvalue weighted by atomic mass is 10.2. The first kappa shape index (κ1) is 22.0. The molecule has 1 aromatic heterocycles. The van der Waals surface area contributed by atoms with E-state index in [9.17, 15) is 9.59 Å². The van der Waals surface area contributed by atoms with Gasteiger partial charge in [-0.1, -0.05) is 23.2 Å². The molecule has 10 heteroatoms. The van der Waals surface area contributed by atoms with Gasteiger partial charge >= 0.3 is 0 Å². The van der Waals surface area contributed by atoms with Crippen molar-refractivity contribution in [3.8, 4) is 0 Å². The van der Waals surface area contributed by atoms with E-state index in [0.29, 0.717) is 11.6 Å². The number of thiazole rings is 1. The highest BCUT2D eigenvalue weighted by atomic mass is 35.5. The van der Waals surface area contributed by atoms with Gasteiger partial charge in [-0.15, -0.1) is 11.3 Å². The number of nitrogens with zero attached hydrogens (tertiary/aromatic N) is 3. The van der Waals surface area contributed by atoms with Crippen LogP contribution >= 0.6 is 34.5 Å². The number of carbonyl (C=O) groups excluding carboxylic acids is 2. The highest BCUT2D eigenvalue weighted by Gasteiger charge is 2.16. The number of ether oxygens (including phenoxy) is 1. The van der Waals surface area contributed by atoms with E-state index in [1.165, 1.54) is 17.0 Å². The number of rotatable bonds is 7. The van der Waals surface area contributed by atoms with Crippen LogP contribution in [0, 0.1) is 0 Å². The molecule has 0 bridgehead atoms. The molecule has 156 valence electrons. The Kier molecular flexibility index (Phi) is 7.85. The second kappa shape index (κ2) is 10.4. The summed E-state index contributed by atoms with van der Waals surface area (Å²) in [6.45, 7) is 4.37. The van der Waals surface area contributed by atoms with Crippen molar-refractivity contribution in [1.29, 1.82) is 0 Å². The Balaban J connectivity index is 1.47. The molecule has 1 aliphatic heterocycles. The Morgan fingerprint density at radius 2 is 2.07 bits per heavy atom. The standard InChI is InChI=1S/C19H22Cl2N4O3S/c1-24(10-14-12-29-17(23-14)11-25-4-6-28-7-5-25)18(26)9-22-19(27)15-3-2-13(20)8-16(15)21/h2-3,8,12H,4-7,9-11H2,1H3,(H,22,27). The highest BCUT2D eigenvalue weighted by molar-refractivity contribution is 7.09. The summed E-state index contributed by atoms with van der Waals surface area (Å²) < 4.78 is 5.36. The Morgan fingerprint density at radius 3 is 2.79 bits per heavy atom. The topological polar surface area (TPSA) is 74.8 Å². The maximum absolute atomic E-state index is 12.4. The summed E-state index contributed by atoms with van der Waals surface area (Å²) in [6, 6.07) is 4.59. The third kappa shape index (κ3) is 6.38. The molecular formula is C19H22Cl2N4O3S. The van der Waals surface area contributed by atoms with Gasteiger partial charge in [0.05, 0.1) is 49.1 Å². The smallest absolute Gasteiger partial charge is 0.253 e. The Labute approximate surface area is 183 Å². The van der Waals surface area contributed by atoms with Crippen molar-refractivity contribution in [2.45, 2.75) is 13.1 Å². The zero-order valence-electron chi connectivity index (χ0n) is 16.0. The number of nitrogens with one attached hydrogen (secondary N) is 1. The lowest BCUT2D eigenvalue weighted by Crippen LogP contribution is -2.38. The second-order valence-electron chi connectivity index (χ2n) is 6.68. The Hall–Kier alpha value is -1.71. The van der Waals surface area contributed by atoms with Gasteiger partial charge in [0.25, 0.3) is 5.91 Å². The molecule has 2 heterocycles. The second-order valence-corrected chi connectivity index (χ2v) is 8.46. The van der Waals surface area contributed by atoms with Crippen LogP contribution in [-0.4, -0.2) is 66.5 Å². The van der Waals surface area contributed by atoms with Crippen LogP contribution in [0.4, 0.5) is 0 Å². The number of carbonyl (C=O) groups is 2. The molecule has 1 N–H and O–H groups in total. The molecule has 1 aromatic carbocycles. The van der Waals surface area contributed by atoms with Gasteiger partial charge in [-0.2, -0.15) is 0 Å². The highest BCUT2D eigenvalue weighted by Crippen LogP contribution is 2.20. The third-order valence-electron chi connectivity index (χ3n) is 4.46. The van der Waals surface area contributed by atoms with E-state index in [0.717, 1.165) is 43.5 Å². The summed E-state index contributed by atoms with van der Waals surface area (Å²) in [5.74, 6) is -0.638. The molecule has 7 nitrogen and oxygen atoms in total. The predicted octanol–water partition coefficient (Wildman–Crippen LogP) is 2.67. The largest absolute Gasteiger partial charge is 0.379 e. The quantitative estimate of drug-likeness (QED) is 0.692. The van der Waals surface area contributed by atoms with E-state index >= 15 is 0 Å². The first-order valence-electron chi connectivity index (χ1n) is 9.13. The summed E-state index contributed by atoms with van der Waals surface area (Å²) in [4.78, 5) is 33.0. The van der Waals surface area contributed by atoms with E-state index in [4.69, 9.17) is 27.9 Å². The van der Waals surface area contributed by atoms with Crippen molar-refractivity contribution >= 4 is 46.4 Å². The number of aromatic nitrogens is 1. The maximum atomic E-state index is 12.4. The number of hydrogen-bond donors (Lipinski definition) is 1. The molecule has 2 amide bonds. The van der Waals surface area contributed by atoms with Gasteiger partial charge in [0, 0.05) is 30.5 Å². The average molecular weight is 457 g/mol. The first-order chi connectivity index (χ1) is 13.9. The lowest BCUT2D eigenvalue weighted by Gasteiger charge is -2.25. The molecule has 3 rings (SSSR count). The lowest BCUT2D eigenvalue weighted by molar-refractivity contribution is -0.129. The average Bonchev–Trinajstić information content (AvgIpc) is 3.13. The Bertz CT molecular complexity index is 871. The van der Waals surface area contributed by atoms with Crippen molar-refractivity contribution in [3.05, 3.63) is 49.9 Å². The maximum Gasteiger partial charge on any atom is 0.253 e. The summed E-state index contributed by atoms with van der Waals surface area (Å²) in [5, 5.41) is 6.26. The number of hydrogen-bond acceptors (Lipinski definition) is 6. The minimum atomic E-state index is -0.421. The third-order valence-corrected chi connectivity index (χ3v) is 5.89.